The summed E-state index contributed by atoms with van der Waals surface area (Å²) in [7, 11) is 0.495. The second-order valence-corrected chi connectivity index (χ2v) is 3.83. The van der Waals surface area contributed by atoms with Crippen LogP contribution in [0.3, 0.4) is 0 Å². The topological polar surface area (TPSA) is 38.8 Å². The number of nitrogens with zero attached hydrogens (tertiary/aromatic N) is 1. The summed E-state index contributed by atoms with van der Waals surface area (Å²) in [4.78, 5) is 11.1. The van der Waals surface area contributed by atoms with Gasteiger partial charge in [0.2, 0.25) is 0 Å². The minimum Gasteiger partial charge on any atom is -0.465 e. The van der Waals surface area contributed by atoms with Gasteiger partial charge in [0, 0.05) is 15.4 Å². The highest BCUT2D eigenvalue weighted by Gasteiger charge is 2.14. The van der Waals surface area contributed by atoms with Crippen molar-refractivity contribution >= 4 is 14.8 Å². The van der Waals surface area contributed by atoms with Crippen molar-refractivity contribution in [2.24, 2.45) is 0 Å². The second kappa shape index (κ2) is 6.30. The Bertz CT molecular complexity index is 157. The number of carbonyl (C=O) groups excluding carboxylic acids is 1. The normalized spacial score (nSPS) is 21.3. The summed E-state index contributed by atoms with van der Waals surface area (Å²) < 4.78 is 10.2. The molecule has 0 amide bonds. The molecule has 1 atom stereocenters. The van der Waals surface area contributed by atoms with Crippen LogP contribution in [0.25, 0.3) is 0 Å². The van der Waals surface area contributed by atoms with Crippen LogP contribution >= 0.6 is 8.81 Å². The number of esters is 1. The Labute approximate surface area is 80.4 Å². The average Bonchev–Trinajstić information content (AvgIpc) is 2.33. The molecule has 1 unspecified atom stereocenters. The largest absolute Gasteiger partial charge is 0.465 e. The maximum atomic E-state index is 11.1. The first-order valence-corrected chi connectivity index (χ1v) is 5.75. The third-order valence-corrected chi connectivity index (χ3v) is 2.69. The Morgan fingerprint density at radius 3 is 3.23 bits per heavy atom. The number of carbonyl (C=O) groups is 1. The highest BCUT2D eigenvalue weighted by atomic mass is 31.1. The molecule has 13 heavy (non-hydrogen) atoms. The Hall–Kier alpha value is -0.180. The SMILES string of the molecule is CCOC(=O)CN1CCCCPO1. The third-order valence-electron chi connectivity index (χ3n) is 1.74. The van der Waals surface area contributed by atoms with Gasteiger partial charge in [-0.3, -0.25) is 9.42 Å². The van der Waals surface area contributed by atoms with Crippen LogP contribution in [0.1, 0.15) is 19.8 Å². The molecule has 1 heterocycles. The van der Waals surface area contributed by atoms with Crippen LogP contribution in [0.2, 0.25) is 0 Å². The maximum absolute atomic E-state index is 11.1. The zero-order valence-electron chi connectivity index (χ0n) is 7.91. The first kappa shape index (κ1) is 10.9. The van der Waals surface area contributed by atoms with Gasteiger partial charge in [0.25, 0.3) is 0 Å². The van der Waals surface area contributed by atoms with Crippen molar-refractivity contribution in [3.63, 3.8) is 0 Å². The van der Waals surface area contributed by atoms with E-state index in [0.717, 1.165) is 19.1 Å². The fraction of sp³-hybridized carbons (Fsp3) is 0.875. The third kappa shape index (κ3) is 4.55. The van der Waals surface area contributed by atoms with Crippen LogP contribution in [0.5, 0.6) is 0 Å². The lowest BCUT2D eigenvalue weighted by Gasteiger charge is -2.17. The number of hydrogen-bond acceptors (Lipinski definition) is 4. The van der Waals surface area contributed by atoms with E-state index in [4.69, 9.17) is 9.36 Å². The van der Waals surface area contributed by atoms with Crippen molar-refractivity contribution in [2.75, 3.05) is 25.9 Å². The Balaban J connectivity index is 2.21. The average molecular weight is 205 g/mol. The molecule has 0 aromatic rings. The molecule has 1 fully saturated rings. The van der Waals surface area contributed by atoms with Crippen molar-refractivity contribution in [1.82, 2.24) is 5.06 Å². The van der Waals surface area contributed by atoms with Crippen molar-refractivity contribution in [2.45, 2.75) is 19.8 Å². The second-order valence-electron chi connectivity index (χ2n) is 2.86. The Morgan fingerprint density at radius 1 is 1.62 bits per heavy atom. The standard InChI is InChI=1S/C8H16NO3P/c1-2-11-8(10)7-9-5-3-4-6-13-12-9/h13H,2-7H2,1H3. The number of ether oxygens (including phenoxy) is 1. The van der Waals surface area contributed by atoms with Crippen LogP contribution in [0, 0.1) is 0 Å². The van der Waals surface area contributed by atoms with Gasteiger partial charge in [0.15, 0.2) is 0 Å². The van der Waals surface area contributed by atoms with Crippen molar-refractivity contribution in [1.29, 1.82) is 0 Å². The molecule has 1 aliphatic heterocycles. The van der Waals surface area contributed by atoms with E-state index in [0.29, 0.717) is 15.4 Å². The van der Waals surface area contributed by atoms with Crippen LogP contribution < -0.4 is 0 Å². The molecule has 5 heteroatoms. The Kier molecular flexibility index (Phi) is 5.28. The fourth-order valence-corrected chi connectivity index (χ4v) is 1.95. The summed E-state index contributed by atoms with van der Waals surface area (Å²) in [5, 5.41) is 1.71. The summed E-state index contributed by atoms with van der Waals surface area (Å²) in [6.07, 6.45) is 3.41. The van der Waals surface area contributed by atoms with Crippen LogP contribution in [0.4, 0.5) is 0 Å². The predicted octanol–water partition coefficient (Wildman–Crippen LogP) is 1.17. The quantitative estimate of drug-likeness (QED) is 0.512. The van der Waals surface area contributed by atoms with E-state index < -0.39 is 0 Å². The van der Waals surface area contributed by atoms with Gasteiger partial charge in [-0.05, 0) is 25.9 Å². The molecule has 0 bridgehead atoms. The zero-order chi connectivity index (χ0) is 9.52. The lowest BCUT2D eigenvalue weighted by molar-refractivity contribution is -0.152. The van der Waals surface area contributed by atoms with Gasteiger partial charge in [0.1, 0.15) is 6.54 Å². The van der Waals surface area contributed by atoms with Gasteiger partial charge in [-0.25, -0.2) is 0 Å². The molecule has 76 valence electrons. The van der Waals surface area contributed by atoms with E-state index in [1.807, 2.05) is 6.92 Å². The molecular weight excluding hydrogens is 189 g/mol. The minimum absolute atomic E-state index is 0.200. The van der Waals surface area contributed by atoms with E-state index in [9.17, 15) is 4.79 Å². The predicted molar refractivity (Wildman–Crippen MR) is 51.7 cm³/mol. The van der Waals surface area contributed by atoms with E-state index >= 15 is 0 Å². The molecule has 0 spiro atoms. The van der Waals surface area contributed by atoms with Gasteiger partial charge in [0.05, 0.1) is 6.61 Å². The van der Waals surface area contributed by atoms with E-state index in [1.54, 1.807) is 5.06 Å². The first-order valence-electron chi connectivity index (χ1n) is 4.63. The van der Waals surface area contributed by atoms with Gasteiger partial charge >= 0.3 is 5.97 Å². The summed E-state index contributed by atoms with van der Waals surface area (Å²) in [5.41, 5.74) is 0. The molecule has 0 saturated carbocycles. The Morgan fingerprint density at radius 2 is 2.46 bits per heavy atom. The van der Waals surface area contributed by atoms with Crippen LogP contribution in [-0.4, -0.2) is 36.9 Å². The lowest BCUT2D eigenvalue weighted by Crippen LogP contribution is -2.29. The number of hydroxylamine groups is 2. The summed E-state index contributed by atoms with van der Waals surface area (Å²) in [6.45, 7) is 3.35. The number of rotatable bonds is 3. The fourth-order valence-electron chi connectivity index (χ4n) is 1.13. The molecule has 1 rings (SSSR count). The smallest absolute Gasteiger partial charge is 0.322 e. The number of hydrogen-bond donors (Lipinski definition) is 0. The van der Waals surface area contributed by atoms with E-state index in [1.165, 1.54) is 6.42 Å². The van der Waals surface area contributed by atoms with Crippen molar-refractivity contribution < 1.29 is 14.2 Å². The molecule has 0 aromatic carbocycles. The molecular formula is C8H16NO3P. The molecule has 0 radical (unpaired) electrons. The van der Waals surface area contributed by atoms with Crippen molar-refractivity contribution in [3.8, 4) is 0 Å². The van der Waals surface area contributed by atoms with Gasteiger partial charge in [-0.2, -0.15) is 5.06 Å². The van der Waals surface area contributed by atoms with E-state index in [-0.39, 0.29) is 12.5 Å². The van der Waals surface area contributed by atoms with Gasteiger partial charge < -0.3 is 4.74 Å². The maximum Gasteiger partial charge on any atom is 0.322 e. The zero-order valence-corrected chi connectivity index (χ0v) is 8.91. The molecule has 4 nitrogen and oxygen atoms in total. The van der Waals surface area contributed by atoms with Crippen LogP contribution in [0.15, 0.2) is 0 Å². The highest BCUT2D eigenvalue weighted by Crippen LogP contribution is 2.21. The molecule has 1 aliphatic rings. The summed E-state index contributed by atoms with van der Waals surface area (Å²) in [6, 6.07) is 0. The lowest BCUT2D eigenvalue weighted by atomic mass is 10.3. The highest BCUT2D eigenvalue weighted by molar-refractivity contribution is 7.32. The first-order chi connectivity index (χ1) is 6.33. The molecule has 0 N–H and O–H groups in total. The summed E-state index contributed by atoms with van der Waals surface area (Å²) in [5.74, 6) is -0.200. The minimum atomic E-state index is -0.200. The van der Waals surface area contributed by atoms with Crippen molar-refractivity contribution in [3.05, 3.63) is 0 Å². The molecule has 0 aliphatic carbocycles. The van der Waals surface area contributed by atoms with Crippen LogP contribution in [-0.2, 0) is 14.2 Å². The molecule has 0 aromatic heterocycles. The molecule has 1 saturated heterocycles. The van der Waals surface area contributed by atoms with Gasteiger partial charge in [-0.15, -0.1) is 0 Å². The van der Waals surface area contributed by atoms with E-state index in [2.05, 4.69) is 0 Å². The van der Waals surface area contributed by atoms with Gasteiger partial charge in [-0.1, -0.05) is 0 Å². The monoisotopic (exact) mass is 205 g/mol. The summed E-state index contributed by atoms with van der Waals surface area (Å²) >= 11 is 0.